The molecule has 0 amide bonds. The van der Waals surface area contributed by atoms with Crippen LogP contribution in [0.4, 0.5) is 0 Å². The number of aliphatic imine (C=N–C) groups is 1. The first-order valence-corrected chi connectivity index (χ1v) is 8.93. The second-order valence-electron chi connectivity index (χ2n) is 6.03. The summed E-state index contributed by atoms with van der Waals surface area (Å²) in [7, 11) is 8.06. The van der Waals surface area contributed by atoms with E-state index in [0.29, 0.717) is 0 Å². The Hall–Kier alpha value is -1.92. The van der Waals surface area contributed by atoms with Crippen molar-refractivity contribution in [1.82, 2.24) is 20.1 Å². The molecular formula is C18H27N5S. The first-order valence-electron chi connectivity index (χ1n) is 8.05. The molecule has 5 nitrogen and oxygen atoms in total. The molecule has 0 saturated carbocycles. The van der Waals surface area contributed by atoms with Crippen LogP contribution in [0, 0.1) is 6.92 Å². The molecule has 0 radical (unpaired) electrons. The summed E-state index contributed by atoms with van der Waals surface area (Å²) in [5, 5.41) is 6.68. The third-order valence-electron chi connectivity index (χ3n) is 3.90. The van der Waals surface area contributed by atoms with E-state index in [1.165, 1.54) is 5.56 Å². The summed E-state index contributed by atoms with van der Waals surface area (Å²) in [5.41, 5.74) is 2.37. The van der Waals surface area contributed by atoms with E-state index in [9.17, 15) is 0 Å². The van der Waals surface area contributed by atoms with Crippen molar-refractivity contribution in [1.29, 1.82) is 0 Å². The van der Waals surface area contributed by atoms with Gasteiger partial charge in [-0.25, -0.2) is 4.98 Å². The fourth-order valence-corrected chi connectivity index (χ4v) is 3.25. The van der Waals surface area contributed by atoms with Crippen LogP contribution < -0.4 is 5.32 Å². The summed E-state index contributed by atoms with van der Waals surface area (Å²) in [4.78, 5) is 13.3. The normalized spacial score (nSPS) is 13.2. The van der Waals surface area contributed by atoms with Gasteiger partial charge in [0.25, 0.3) is 0 Å². The molecule has 0 aliphatic rings. The Morgan fingerprint density at radius 3 is 2.50 bits per heavy atom. The lowest BCUT2D eigenvalue weighted by molar-refractivity contribution is 0.295. The Labute approximate surface area is 149 Å². The number of likely N-dealkylation sites (N-methyl/N-ethyl adjacent to an activating group) is 1. The molecule has 0 spiro atoms. The van der Waals surface area contributed by atoms with Gasteiger partial charge >= 0.3 is 0 Å². The van der Waals surface area contributed by atoms with Gasteiger partial charge in [0.2, 0.25) is 0 Å². The Bertz CT molecular complexity index is 650. The van der Waals surface area contributed by atoms with Crippen molar-refractivity contribution < 1.29 is 0 Å². The number of nitrogens with one attached hydrogen (secondary N) is 1. The van der Waals surface area contributed by atoms with Crippen LogP contribution in [0.3, 0.4) is 0 Å². The number of hydrogen-bond acceptors (Lipinski definition) is 4. The lowest BCUT2D eigenvalue weighted by Gasteiger charge is -2.28. The van der Waals surface area contributed by atoms with Gasteiger partial charge in [0, 0.05) is 26.0 Å². The minimum absolute atomic E-state index is 0.290. The molecule has 24 heavy (non-hydrogen) atoms. The van der Waals surface area contributed by atoms with Crippen LogP contribution in [-0.4, -0.2) is 55.5 Å². The van der Waals surface area contributed by atoms with Gasteiger partial charge < -0.3 is 15.1 Å². The van der Waals surface area contributed by atoms with Gasteiger partial charge in [-0.1, -0.05) is 30.3 Å². The fourth-order valence-electron chi connectivity index (χ4n) is 2.65. The van der Waals surface area contributed by atoms with E-state index in [-0.39, 0.29) is 6.04 Å². The second kappa shape index (κ2) is 8.80. The van der Waals surface area contributed by atoms with Crippen molar-refractivity contribution in [2.24, 2.45) is 4.99 Å². The van der Waals surface area contributed by atoms with E-state index in [1.807, 2.05) is 27.1 Å². The predicted octanol–water partition coefficient (Wildman–Crippen LogP) is 2.76. The van der Waals surface area contributed by atoms with E-state index in [1.54, 1.807) is 11.3 Å². The zero-order valence-electron chi connectivity index (χ0n) is 15.2. The van der Waals surface area contributed by atoms with Gasteiger partial charge in [-0.2, -0.15) is 0 Å². The summed E-state index contributed by atoms with van der Waals surface area (Å²) in [6.45, 7) is 3.58. The average molecular weight is 346 g/mol. The topological polar surface area (TPSA) is 43.8 Å². The highest BCUT2D eigenvalue weighted by Crippen LogP contribution is 2.17. The van der Waals surface area contributed by atoms with E-state index >= 15 is 0 Å². The maximum Gasteiger partial charge on any atom is 0.193 e. The van der Waals surface area contributed by atoms with Crippen LogP contribution >= 0.6 is 11.3 Å². The summed E-state index contributed by atoms with van der Waals surface area (Å²) < 4.78 is 0. The van der Waals surface area contributed by atoms with Crippen molar-refractivity contribution in [3.63, 3.8) is 0 Å². The SMILES string of the molecule is CN=C(NCC(c1ccccc1)N(C)C)N(C)Cc1csc(C)n1. The third-order valence-corrected chi connectivity index (χ3v) is 4.72. The molecule has 1 heterocycles. The molecule has 1 aromatic heterocycles. The number of hydrogen-bond donors (Lipinski definition) is 1. The zero-order valence-corrected chi connectivity index (χ0v) is 16.0. The molecule has 0 aliphatic carbocycles. The van der Waals surface area contributed by atoms with Crippen LogP contribution in [0.25, 0.3) is 0 Å². The predicted molar refractivity (Wildman–Crippen MR) is 103 cm³/mol. The molecule has 1 unspecified atom stereocenters. The number of aromatic nitrogens is 1. The summed E-state index contributed by atoms with van der Waals surface area (Å²) in [6.07, 6.45) is 0. The van der Waals surface area contributed by atoms with Gasteiger partial charge in [-0.15, -0.1) is 11.3 Å². The summed E-state index contributed by atoms with van der Waals surface area (Å²) in [6, 6.07) is 10.8. The van der Waals surface area contributed by atoms with Gasteiger partial charge in [-0.3, -0.25) is 4.99 Å². The van der Waals surface area contributed by atoms with E-state index < -0.39 is 0 Å². The first-order chi connectivity index (χ1) is 11.5. The Kier molecular flexibility index (Phi) is 6.75. The zero-order chi connectivity index (χ0) is 17.5. The fraction of sp³-hybridized carbons (Fsp3) is 0.444. The standard InChI is InChI=1S/C18H27N5S/c1-14-21-16(13-24-14)12-23(5)18(19-2)20-11-17(22(3)4)15-9-7-6-8-10-15/h6-10,13,17H,11-12H2,1-5H3,(H,19,20). The molecule has 130 valence electrons. The van der Waals surface area contributed by atoms with E-state index in [4.69, 9.17) is 0 Å². The molecule has 1 aromatic carbocycles. The maximum atomic E-state index is 4.52. The quantitative estimate of drug-likeness (QED) is 0.646. The molecule has 1 N–H and O–H groups in total. The molecule has 0 saturated heterocycles. The molecular weight excluding hydrogens is 318 g/mol. The summed E-state index contributed by atoms with van der Waals surface area (Å²) >= 11 is 1.68. The number of benzene rings is 1. The number of thiazole rings is 1. The van der Waals surface area contributed by atoms with Gasteiger partial charge in [0.1, 0.15) is 0 Å². The minimum atomic E-state index is 0.290. The Balaban J connectivity index is 1.98. The molecule has 2 rings (SSSR count). The van der Waals surface area contributed by atoms with Crippen LogP contribution in [0.1, 0.15) is 22.3 Å². The molecule has 0 bridgehead atoms. The molecule has 0 aliphatic heterocycles. The highest BCUT2D eigenvalue weighted by molar-refractivity contribution is 7.09. The Morgan fingerprint density at radius 1 is 1.25 bits per heavy atom. The maximum absolute atomic E-state index is 4.52. The van der Waals surface area contributed by atoms with Gasteiger partial charge in [-0.05, 0) is 26.6 Å². The highest BCUT2D eigenvalue weighted by atomic mass is 32.1. The number of guanidine groups is 1. The van der Waals surface area contributed by atoms with Gasteiger partial charge in [0.15, 0.2) is 5.96 Å². The van der Waals surface area contributed by atoms with Crippen LogP contribution in [-0.2, 0) is 6.54 Å². The molecule has 0 fully saturated rings. The van der Waals surface area contributed by atoms with Crippen molar-refractivity contribution in [3.05, 3.63) is 52.0 Å². The number of rotatable bonds is 6. The lowest BCUT2D eigenvalue weighted by atomic mass is 10.1. The van der Waals surface area contributed by atoms with Gasteiger partial charge in [0.05, 0.1) is 23.3 Å². The monoisotopic (exact) mass is 345 g/mol. The van der Waals surface area contributed by atoms with Crippen molar-refractivity contribution >= 4 is 17.3 Å². The van der Waals surface area contributed by atoms with Crippen LogP contribution in [0.2, 0.25) is 0 Å². The summed E-state index contributed by atoms with van der Waals surface area (Å²) in [5.74, 6) is 0.878. The molecule has 1 atom stereocenters. The minimum Gasteiger partial charge on any atom is -0.354 e. The van der Waals surface area contributed by atoms with Crippen molar-refractivity contribution in [2.75, 3.05) is 34.7 Å². The molecule has 2 aromatic rings. The Morgan fingerprint density at radius 2 is 1.96 bits per heavy atom. The first kappa shape index (κ1) is 18.4. The van der Waals surface area contributed by atoms with Crippen molar-refractivity contribution in [3.8, 4) is 0 Å². The van der Waals surface area contributed by atoms with Crippen LogP contribution in [0.5, 0.6) is 0 Å². The lowest BCUT2D eigenvalue weighted by Crippen LogP contribution is -2.42. The largest absolute Gasteiger partial charge is 0.354 e. The second-order valence-corrected chi connectivity index (χ2v) is 7.09. The number of nitrogens with zero attached hydrogens (tertiary/aromatic N) is 4. The molecule has 6 heteroatoms. The highest BCUT2D eigenvalue weighted by Gasteiger charge is 2.16. The van der Waals surface area contributed by atoms with E-state index in [2.05, 4.69) is 68.8 Å². The van der Waals surface area contributed by atoms with Crippen molar-refractivity contribution in [2.45, 2.75) is 19.5 Å². The van der Waals surface area contributed by atoms with Crippen LogP contribution in [0.15, 0.2) is 40.7 Å². The number of aryl methyl sites for hydroxylation is 1. The van der Waals surface area contributed by atoms with E-state index in [0.717, 1.165) is 29.8 Å². The average Bonchev–Trinajstić information content (AvgIpc) is 2.97. The smallest absolute Gasteiger partial charge is 0.193 e. The third kappa shape index (κ3) is 5.04.